The number of ether oxygens (including phenoxy) is 1. The van der Waals surface area contributed by atoms with Crippen LogP contribution in [-0.4, -0.2) is 49.2 Å². The van der Waals surface area contributed by atoms with E-state index in [9.17, 15) is 12.8 Å². The molecule has 6 nitrogen and oxygen atoms in total. The number of piperidine rings is 1. The number of likely N-dealkylation sites (tertiary alicyclic amines) is 1. The van der Waals surface area contributed by atoms with Crippen molar-refractivity contribution in [2.75, 3.05) is 19.7 Å². The van der Waals surface area contributed by atoms with Crippen LogP contribution in [0.1, 0.15) is 33.6 Å². The van der Waals surface area contributed by atoms with Gasteiger partial charge in [-0.1, -0.05) is 11.6 Å². The number of nitrogens with zero attached hydrogens (tertiary/aromatic N) is 2. The number of hydrogen-bond acceptors (Lipinski definition) is 5. The summed E-state index contributed by atoms with van der Waals surface area (Å²) in [4.78, 5) is 5.84. The second-order valence-corrected chi connectivity index (χ2v) is 9.07. The number of alkyl halides is 1. The maximum Gasteiger partial charge on any atom is 0.239 e. The van der Waals surface area contributed by atoms with Crippen LogP contribution in [0, 0.1) is 0 Å². The van der Waals surface area contributed by atoms with Gasteiger partial charge in [0.25, 0.3) is 0 Å². The summed E-state index contributed by atoms with van der Waals surface area (Å²) in [6.45, 7) is 7.43. The smallest absolute Gasteiger partial charge is 0.239 e. The Morgan fingerprint density at radius 1 is 1.42 bits per heavy atom. The lowest BCUT2D eigenvalue weighted by atomic mass is 9.91. The van der Waals surface area contributed by atoms with E-state index >= 15 is 0 Å². The molecule has 1 fully saturated rings. The summed E-state index contributed by atoms with van der Waals surface area (Å²) in [5.41, 5.74) is -1.44. The predicted octanol–water partition coefficient (Wildman–Crippen LogP) is 2.36. The molecule has 0 aromatic carbocycles. The molecule has 0 atom stereocenters. The molecule has 2 rings (SSSR count). The highest BCUT2D eigenvalue weighted by Crippen LogP contribution is 2.32. The molecule has 0 bridgehead atoms. The third-order valence-corrected chi connectivity index (χ3v) is 5.34. The van der Waals surface area contributed by atoms with Gasteiger partial charge in [0.15, 0.2) is 0 Å². The number of primary sulfonamides is 1. The second kappa shape index (κ2) is 6.74. The minimum absolute atomic E-state index is 0.000609. The first-order valence-electron chi connectivity index (χ1n) is 7.66. The molecule has 1 saturated heterocycles. The second-order valence-electron chi connectivity index (χ2n) is 7.10. The first-order chi connectivity index (χ1) is 10.9. The Hall–Kier alpha value is -0.960. The molecule has 9 heteroatoms. The molecule has 2 heterocycles. The van der Waals surface area contributed by atoms with Crippen molar-refractivity contribution in [3.05, 3.63) is 17.3 Å². The van der Waals surface area contributed by atoms with E-state index in [0.717, 1.165) is 12.3 Å². The molecule has 1 aliphatic rings. The summed E-state index contributed by atoms with van der Waals surface area (Å²) in [5, 5.41) is 4.99. The van der Waals surface area contributed by atoms with Crippen LogP contribution >= 0.6 is 11.6 Å². The summed E-state index contributed by atoms with van der Waals surface area (Å²) in [6.07, 6.45) is 1.76. The summed E-state index contributed by atoms with van der Waals surface area (Å²) in [6, 6.07) is 1.15. The van der Waals surface area contributed by atoms with Crippen molar-refractivity contribution in [3.8, 4) is 5.88 Å². The zero-order chi connectivity index (χ0) is 18.2. The standard InChI is InChI=1S/C15H23ClFN3O3S/c1-14(2,3)20-6-4-15(17,5-7-20)10-23-13-12(16)8-11(9-19-13)24(18,21)22/h8-9H,4-7,10H2,1-3H3,(H2,18,21,22). The van der Waals surface area contributed by atoms with Crippen molar-refractivity contribution in [2.24, 2.45) is 5.14 Å². The van der Waals surface area contributed by atoms with E-state index in [4.69, 9.17) is 21.5 Å². The Morgan fingerprint density at radius 2 is 2.00 bits per heavy atom. The van der Waals surface area contributed by atoms with E-state index in [1.807, 2.05) is 0 Å². The third-order valence-electron chi connectivity index (χ3n) is 4.19. The van der Waals surface area contributed by atoms with Gasteiger partial charge in [-0.25, -0.2) is 22.9 Å². The van der Waals surface area contributed by atoms with Gasteiger partial charge in [0.05, 0.1) is 6.20 Å². The molecule has 2 N–H and O–H groups in total. The van der Waals surface area contributed by atoms with Gasteiger partial charge >= 0.3 is 0 Å². The number of hydrogen-bond donors (Lipinski definition) is 1. The average molecular weight is 380 g/mol. The van der Waals surface area contributed by atoms with E-state index in [2.05, 4.69) is 30.7 Å². The van der Waals surface area contributed by atoms with Gasteiger partial charge in [-0.3, -0.25) is 4.90 Å². The SMILES string of the molecule is CC(C)(C)N1CCC(F)(COc2ncc(S(N)(=O)=O)cc2Cl)CC1. The van der Waals surface area contributed by atoms with Crippen molar-refractivity contribution in [3.63, 3.8) is 0 Å². The Labute approximate surface area is 147 Å². The summed E-state index contributed by atoms with van der Waals surface area (Å²) in [7, 11) is -3.89. The largest absolute Gasteiger partial charge is 0.473 e. The topological polar surface area (TPSA) is 85.5 Å². The van der Waals surface area contributed by atoms with E-state index in [1.54, 1.807) is 0 Å². The minimum Gasteiger partial charge on any atom is -0.473 e. The number of aromatic nitrogens is 1. The minimum atomic E-state index is -3.89. The molecule has 0 aliphatic carbocycles. The zero-order valence-corrected chi connectivity index (χ0v) is 15.6. The third kappa shape index (κ3) is 4.78. The lowest BCUT2D eigenvalue weighted by Crippen LogP contribution is -2.51. The molecule has 24 heavy (non-hydrogen) atoms. The number of pyridine rings is 1. The van der Waals surface area contributed by atoms with Crippen LogP contribution in [-0.2, 0) is 10.0 Å². The van der Waals surface area contributed by atoms with E-state index in [-0.39, 0.29) is 27.9 Å². The van der Waals surface area contributed by atoms with E-state index < -0.39 is 15.7 Å². The van der Waals surface area contributed by atoms with Crippen LogP contribution in [0.15, 0.2) is 17.2 Å². The molecule has 1 aliphatic heterocycles. The highest BCUT2D eigenvalue weighted by atomic mass is 35.5. The first-order valence-corrected chi connectivity index (χ1v) is 9.58. The first kappa shape index (κ1) is 19.4. The van der Waals surface area contributed by atoms with Crippen molar-refractivity contribution in [2.45, 2.75) is 49.7 Å². The maximum absolute atomic E-state index is 14.9. The van der Waals surface area contributed by atoms with Gasteiger partial charge in [0, 0.05) is 18.6 Å². The number of sulfonamides is 1. The van der Waals surface area contributed by atoms with Gasteiger partial charge in [-0.05, 0) is 39.7 Å². The molecular formula is C15H23ClFN3O3S. The van der Waals surface area contributed by atoms with Gasteiger partial charge in [-0.2, -0.15) is 0 Å². The maximum atomic E-state index is 14.9. The molecule has 0 amide bonds. The van der Waals surface area contributed by atoms with E-state index in [0.29, 0.717) is 25.9 Å². The molecule has 0 spiro atoms. The fraction of sp³-hybridized carbons (Fsp3) is 0.667. The number of rotatable bonds is 4. The number of nitrogens with two attached hydrogens (primary N) is 1. The fourth-order valence-electron chi connectivity index (χ4n) is 2.59. The lowest BCUT2D eigenvalue weighted by molar-refractivity contribution is -0.0104. The Kier molecular flexibility index (Phi) is 5.44. The lowest BCUT2D eigenvalue weighted by Gasteiger charge is -2.43. The van der Waals surface area contributed by atoms with Crippen LogP contribution < -0.4 is 9.88 Å². The van der Waals surface area contributed by atoms with Crippen LogP contribution in [0.4, 0.5) is 4.39 Å². The quantitative estimate of drug-likeness (QED) is 0.867. The Balaban J connectivity index is 1.99. The normalized spacial score (nSPS) is 19.2. The molecule has 0 unspecified atom stereocenters. The highest BCUT2D eigenvalue weighted by Gasteiger charge is 2.38. The molecule has 0 radical (unpaired) electrons. The summed E-state index contributed by atoms with van der Waals surface area (Å²) >= 11 is 5.94. The van der Waals surface area contributed by atoms with Gasteiger partial charge in [-0.15, -0.1) is 0 Å². The molecule has 1 aromatic heterocycles. The van der Waals surface area contributed by atoms with Crippen molar-refractivity contribution in [1.82, 2.24) is 9.88 Å². The van der Waals surface area contributed by atoms with Gasteiger partial charge in [0.1, 0.15) is 22.2 Å². The van der Waals surface area contributed by atoms with Crippen LogP contribution in [0.2, 0.25) is 5.02 Å². The summed E-state index contributed by atoms with van der Waals surface area (Å²) in [5.74, 6) is -0.000609. The van der Waals surface area contributed by atoms with E-state index in [1.165, 1.54) is 0 Å². The molecule has 1 aromatic rings. The Morgan fingerprint density at radius 3 is 2.46 bits per heavy atom. The molecule has 136 valence electrons. The fourth-order valence-corrected chi connectivity index (χ4v) is 3.36. The summed E-state index contributed by atoms with van der Waals surface area (Å²) < 4.78 is 42.8. The molecule has 0 saturated carbocycles. The Bertz CT molecular complexity index is 698. The molecular weight excluding hydrogens is 357 g/mol. The van der Waals surface area contributed by atoms with Crippen molar-refractivity contribution in [1.29, 1.82) is 0 Å². The van der Waals surface area contributed by atoms with Crippen LogP contribution in [0.5, 0.6) is 5.88 Å². The van der Waals surface area contributed by atoms with Crippen LogP contribution in [0.25, 0.3) is 0 Å². The number of halogens is 2. The predicted molar refractivity (Wildman–Crippen MR) is 90.5 cm³/mol. The van der Waals surface area contributed by atoms with Crippen molar-refractivity contribution < 1.29 is 17.5 Å². The van der Waals surface area contributed by atoms with Gasteiger partial charge < -0.3 is 4.74 Å². The van der Waals surface area contributed by atoms with Crippen LogP contribution in [0.3, 0.4) is 0 Å². The van der Waals surface area contributed by atoms with Crippen molar-refractivity contribution >= 4 is 21.6 Å². The monoisotopic (exact) mass is 379 g/mol. The highest BCUT2D eigenvalue weighted by molar-refractivity contribution is 7.89. The zero-order valence-electron chi connectivity index (χ0n) is 14.1. The van der Waals surface area contributed by atoms with Gasteiger partial charge in [0.2, 0.25) is 15.9 Å². The average Bonchev–Trinajstić information content (AvgIpc) is 2.44.